The Morgan fingerprint density at radius 1 is 1.08 bits per heavy atom. The molecule has 6 nitrogen and oxygen atoms in total. The average Bonchev–Trinajstić information content (AvgIpc) is 2.64. The molecule has 1 fully saturated rings. The topological polar surface area (TPSA) is 65.5 Å². The number of pyridine rings is 1. The smallest absolute Gasteiger partial charge is 0.274 e. The van der Waals surface area contributed by atoms with Gasteiger partial charge in [-0.05, 0) is 36.4 Å². The van der Waals surface area contributed by atoms with Crippen LogP contribution in [0.1, 0.15) is 10.5 Å². The molecule has 24 heavy (non-hydrogen) atoms. The number of hydrogen-bond acceptors (Lipinski definition) is 4. The summed E-state index contributed by atoms with van der Waals surface area (Å²) in [4.78, 5) is 31.1. The number of carbonyl (C=O) groups excluding carboxylic acids is 2. The summed E-state index contributed by atoms with van der Waals surface area (Å²) in [7, 11) is 0. The van der Waals surface area contributed by atoms with Crippen molar-refractivity contribution in [2.45, 2.75) is 0 Å². The third-order valence-electron chi connectivity index (χ3n) is 3.91. The molecule has 2 amide bonds. The first-order valence-corrected chi connectivity index (χ1v) is 8.42. The van der Waals surface area contributed by atoms with Gasteiger partial charge < -0.3 is 15.1 Å². The van der Waals surface area contributed by atoms with Crippen LogP contribution in [0, 0.1) is 0 Å². The van der Waals surface area contributed by atoms with Gasteiger partial charge >= 0.3 is 0 Å². The standard InChI is InChI=1S/C17H17BrN4O2/c18-13-1-3-14(4-2-13)20-17(24)16-6-5-15(11-19-16)22-9-7-21(12-23)8-10-22/h1-6,11-12H,7-10H2,(H,20,24). The molecule has 2 heterocycles. The number of piperazine rings is 1. The molecule has 1 aromatic heterocycles. The normalized spacial score (nSPS) is 14.4. The third-order valence-corrected chi connectivity index (χ3v) is 4.44. The zero-order valence-electron chi connectivity index (χ0n) is 13.0. The molecule has 0 aliphatic carbocycles. The maximum Gasteiger partial charge on any atom is 0.274 e. The largest absolute Gasteiger partial charge is 0.367 e. The first-order chi connectivity index (χ1) is 11.7. The van der Waals surface area contributed by atoms with Gasteiger partial charge in [0.25, 0.3) is 5.91 Å². The average molecular weight is 389 g/mol. The summed E-state index contributed by atoms with van der Waals surface area (Å²) in [6.07, 6.45) is 2.58. The molecule has 0 spiro atoms. The minimum atomic E-state index is -0.241. The van der Waals surface area contributed by atoms with Crippen LogP contribution >= 0.6 is 15.9 Å². The Morgan fingerprint density at radius 3 is 2.38 bits per heavy atom. The molecule has 124 valence electrons. The van der Waals surface area contributed by atoms with E-state index in [-0.39, 0.29) is 5.91 Å². The highest BCUT2D eigenvalue weighted by molar-refractivity contribution is 9.10. The van der Waals surface area contributed by atoms with Crippen LogP contribution < -0.4 is 10.2 Å². The fourth-order valence-corrected chi connectivity index (χ4v) is 2.79. The van der Waals surface area contributed by atoms with Crippen LogP contribution in [-0.2, 0) is 4.79 Å². The maximum atomic E-state index is 12.2. The van der Waals surface area contributed by atoms with Crippen molar-refractivity contribution >= 4 is 39.6 Å². The van der Waals surface area contributed by atoms with Gasteiger partial charge in [-0.3, -0.25) is 9.59 Å². The van der Waals surface area contributed by atoms with Crippen molar-refractivity contribution in [3.05, 3.63) is 52.8 Å². The van der Waals surface area contributed by atoms with E-state index in [0.717, 1.165) is 35.3 Å². The number of aromatic nitrogens is 1. The minimum absolute atomic E-state index is 0.241. The lowest BCUT2D eigenvalue weighted by atomic mass is 10.2. The predicted octanol–water partition coefficient (Wildman–Crippen LogP) is 2.37. The molecular formula is C17H17BrN4O2. The van der Waals surface area contributed by atoms with Crippen molar-refractivity contribution in [2.24, 2.45) is 0 Å². The summed E-state index contributed by atoms with van der Waals surface area (Å²) in [6, 6.07) is 11.0. The number of nitrogens with zero attached hydrogens (tertiary/aromatic N) is 3. The van der Waals surface area contributed by atoms with E-state index in [2.05, 4.69) is 31.1 Å². The number of halogens is 1. The molecule has 1 aliphatic rings. The Morgan fingerprint density at radius 2 is 1.79 bits per heavy atom. The molecule has 1 saturated heterocycles. The fourth-order valence-electron chi connectivity index (χ4n) is 2.52. The SMILES string of the molecule is O=CN1CCN(c2ccc(C(=O)Nc3ccc(Br)cc3)nc2)CC1. The molecule has 1 aliphatic heterocycles. The predicted molar refractivity (Wildman–Crippen MR) is 96.2 cm³/mol. The summed E-state index contributed by atoms with van der Waals surface area (Å²) in [5, 5.41) is 2.82. The zero-order chi connectivity index (χ0) is 16.9. The van der Waals surface area contributed by atoms with E-state index in [4.69, 9.17) is 0 Å². The Kier molecular flexibility index (Phi) is 5.10. The van der Waals surface area contributed by atoms with E-state index in [1.54, 1.807) is 17.2 Å². The van der Waals surface area contributed by atoms with Crippen molar-refractivity contribution in [3.8, 4) is 0 Å². The number of carbonyl (C=O) groups is 2. The van der Waals surface area contributed by atoms with Crippen LogP contribution in [0.15, 0.2) is 47.1 Å². The Hall–Kier alpha value is -2.41. The van der Waals surface area contributed by atoms with Gasteiger partial charge in [0.15, 0.2) is 0 Å². The summed E-state index contributed by atoms with van der Waals surface area (Å²) >= 11 is 3.36. The van der Waals surface area contributed by atoms with Crippen LogP contribution in [0.2, 0.25) is 0 Å². The molecule has 0 saturated carbocycles. The summed E-state index contributed by atoms with van der Waals surface area (Å²) in [5.41, 5.74) is 2.05. The third kappa shape index (κ3) is 3.91. The van der Waals surface area contributed by atoms with Gasteiger partial charge in [0.05, 0.1) is 11.9 Å². The highest BCUT2D eigenvalue weighted by atomic mass is 79.9. The van der Waals surface area contributed by atoms with Crippen LogP contribution in [0.3, 0.4) is 0 Å². The number of rotatable bonds is 4. The molecule has 7 heteroatoms. The van der Waals surface area contributed by atoms with E-state index in [9.17, 15) is 9.59 Å². The Balaban J connectivity index is 1.62. The van der Waals surface area contributed by atoms with E-state index in [1.807, 2.05) is 30.3 Å². The molecule has 0 unspecified atom stereocenters. The molecule has 0 bridgehead atoms. The molecule has 0 atom stereocenters. The van der Waals surface area contributed by atoms with E-state index >= 15 is 0 Å². The van der Waals surface area contributed by atoms with Gasteiger partial charge in [-0.15, -0.1) is 0 Å². The van der Waals surface area contributed by atoms with Gasteiger partial charge in [-0.2, -0.15) is 0 Å². The van der Waals surface area contributed by atoms with Crippen molar-refractivity contribution in [3.63, 3.8) is 0 Å². The molecule has 3 rings (SSSR count). The lowest BCUT2D eigenvalue weighted by Gasteiger charge is -2.33. The van der Waals surface area contributed by atoms with E-state index in [1.165, 1.54) is 0 Å². The van der Waals surface area contributed by atoms with Crippen molar-refractivity contribution in [1.29, 1.82) is 0 Å². The van der Waals surface area contributed by atoms with Gasteiger partial charge in [0.2, 0.25) is 6.41 Å². The minimum Gasteiger partial charge on any atom is -0.367 e. The van der Waals surface area contributed by atoms with E-state index in [0.29, 0.717) is 18.8 Å². The summed E-state index contributed by atoms with van der Waals surface area (Å²) < 4.78 is 0.956. The maximum absolute atomic E-state index is 12.2. The molecule has 1 N–H and O–H groups in total. The Bertz CT molecular complexity index is 710. The second-order valence-corrected chi connectivity index (χ2v) is 6.41. The van der Waals surface area contributed by atoms with Crippen molar-refractivity contribution < 1.29 is 9.59 Å². The van der Waals surface area contributed by atoms with E-state index < -0.39 is 0 Å². The molecule has 1 aromatic carbocycles. The second-order valence-electron chi connectivity index (χ2n) is 5.49. The van der Waals surface area contributed by atoms with Crippen LogP contribution in [-0.4, -0.2) is 48.4 Å². The van der Waals surface area contributed by atoms with Crippen molar-refractivity contribution in [1.82, 2.24) is 9.88 Å². The number of benzene rings is 1. The van der Waals surface area contributed by atoms with Gasteiger partial charge in [0, 0.05) is 36.3 Å². The second kappa shape index (κ2) is 7.44. The first kappa shape index (κ1) is 16.4. The van der Waals surface area contributed by atoms with Gasteiger partial charge in [-0.1, -0.05) is 15.9 Å². The highest BCUT2D eigenvalue weighted by Gasteiger charge is 2.16. The number of anilines is 2. The first-order valence-electron chi connectivity index (χ1n) is 7.63. The van der Waals surface area contributed by atoms with Gasteiger partial charge in [0.1, 0.15) is 5.69 Å². The molecule has 2 aromatic rings. The zero-order valence-corrected chi connectivity index (χ0v) is 14.6. The fraction of sp³-hybridized carbons (Fsp3) is 0.235. The Labute approximate surface area is 148 Å². The lowest BCUT2D eigenvalue weighted by Crippen LogP contribution is -2.45. The number of nitrogens with one attached hydrogen (secondary N) is 1. The summed E-state index contributed by atoms with van der Waals surface area (Å²) in [6.45, 7) is 2.94. The molecule has 0 radical (unpaired) electrons. The highest BCUT2D eigenvalue weighted by Crippen LogP contribution is 2.17. The van der Waals surface area contributed by atoms with Crippen LogP contribution in [0.4, 0.5) is 11.4 Å². The quantitative estimate of drug-likeness (QED) is 0.816. The van der Waals surface area contributed by atoms with Crippen molar-refractivity contribution in [2.75, 3.05) is 36.4 Å². The molecular weight excluding hydrogens is 372 g/mol. The lowest BCUT2D eigenvalue weighted by molar-refractivity contribution is -0.118. The van der Waals surface area contributed by atoms with Crippen LogP contribution in [0.25, 0.3) is 0 Å². The van der Waals surface area contributed by atoms with Gasteiger partial charge in [-0.25, -0.2) is 4.98 Å². The number of amides is 2. The monoisotopic (exact) mass is 388 g/mol. The van der Waals surface area contributed by atoms with Crippen LogP contribution in [0.5, 0.6) is 0 Å². The summed E-state index contributed by atoms with van der Waals surface area (Å²) in [5.74, 6) is -0.241. The number of hydrogen-bond donors (Lipinski definition) is 1.